The quantitative estimate of drug-likeness (QED) is 0.716. The van der Waals surface area contributed by atoms with Crippen LogP contribution in [0.5, 0.6) is 0 Å². The minimum Gasteiger partial charge on any atom is -0.383 e. The third-order valence-electron chi connectivity index (χ3n) is 2.79. The lowest BCUT2D eigenvalue weighted by Crippen LogP contribution is -2.39. The monoisotopic (exact) mass is 252 g/mol. The molecule has 0 saturated heterocycles. The summed E-state index contributed by atoms with van der Waals surface area (Å²) >= 11 is 0. The number of fused-ring (bicyclic) bond motifs is 1. The maximum Gasteiger partial charge on any atom is 0.280 e. The number of aryl methyl sites for hydroxylation is 1. The molecule has 0 fully saturated rings. The second-order valence-electron chi connectivity index (χ2n) is 4.02. The molecular weight excluding hydrogens is 236 g/mol. The molecule has 0 aliphatic carbocycles. The van der Waals surface area contributed by atoms with E-state index in [4.69, 9.17) is 4.74 Å². The molecule has 2 heterocycles. The predicted molar refractivity (Wildman–Crippen MR) is 65.3 cm³/mol. The zero-order valence-electron chi connectivity index (χ0n) is 10.6. The number of methoxy groups -OCH3 is 1. The Hall–Kier alpha value is -1.80. The smallest absolute Gasteiger partial charge is 0.280 e. The van der Waals surface area contributed by atoms with Gasteiger partial charge in [0.2, 0.25) is 0 Å². The fourth-order valence-corrected chi connectivity index (χ4v) is 1.73. The summed E-state index contributed by atoms with van der Waals surface area (Å²) in [5, 5.41) is 15.4. The van der Waals surface area contributed by atoms with Crippen molar-refractivity contribution in [3.63, 3.8) is 0 Å². The molecule has 0 bridgehead atoms. The fourth-order valence-electron chi connectivity index (χ4n) is 1.73. The van der Waals surface area contributed by atoms with Crippen molar-refractivity contribution in [3.8, 4) is 0 Å². The van der Waals surface area contributed by atoms with Crippen LogP contribution in [-0.4, -0.2) is 51.6 Å². The van der Waals surface area contributed by atoms with Gasteiger partial charge in [0.05, 0.1) is 25.4 Å². The number of nitrogens with zero attached hydrogens (tertiary/aromatic N) is 5. The molecule has 0 saturated carbocycles. The lowest BCUT2D eigenvalue weighted by molar-refractivity contribution is 0.159. The van der Waals surface area contributed by atoms with E-state index in [9.17, 15) is 4.79 Å². The summed E-state index contributed by atoms with van der Waals surface area (Å²) in [5.74, 6) is 0. The predicted octanol–water partition coefficient (Wildman–Crippen LogP) is -1.24. The van der Waals surface area contributed by atoms with E-state index in [0.29, 0.717) is 24.2 Å². The van der Waals surface area contributed by atoms with Gasteiger partial charge >= 0.3 is 0 Å². The molecule has 0 spiro atoms. The third-order valence-corrected chi connectivity index (χ3v) is 2.79. The molecule has 0 aliphatic rings. The Kier molecular flexibility index (Phi) is 3.68. The average molecular weight is 252 g/mol. The Morgan fingerprint density at radius 1 is 1.56 bits per heavy atom. The number of rotatable bonds is 5. The lowest BCUT2D eigenvalue weighted by Gasteiger charge is -2.14. The highest BCUT2D eigenvalue weighted by molar-refractivity contribution is 5.72. The summed E-state index contributed by atoms with van der Waals surface area (Å²) in [6.45, 7) is 0.900. The average Bonchev–Trinajstić information content (AvgIpc) is 2.74. The van der Waals surface area contributed by atoms with Gasteiger partial charge in [-0.1, -0.05) is 5.21 Å². The van der Waals surface area contributed by atoms with Gasteiger partial charge in [0, 0.05) is 14.2 Å². The van der Waals surface area contributed by atoms with Gasteiger partial charge in [-0.25, -0.2) is 9.36 Å². The third kappa shape index (κ3) is 2.24. The van der Waals surface area contributed by atoms with Crippen LogP contribution in [-0.2, 0) is 18.3 Å². The van der Waals surface area contributed by atoms with Gasteiger partial charge in [-0.15, -0.1) is 5.10 Å². The highest BCUT2D eigenvalue weighted by Gasteiger charge is 2.13. The molecule has 2 aromatic rings. The highest BCUT2D eigenvalue weighted by atomic mass is 16.5. The van der Waals surface area contributed by atoms with Crippen LogP contribution in [0.15, 0.2) is 11.0 Å². The second-order valence-corrected chi connectivity index (χ2v) is 4.02. The Labute approximate surface area is 104 Å². The zero-order chi connectivity index (χ0) is 13.1. The Morgan fingerprint density at radius 2 is 2.33 bits per heavy atom. The SMILES string of the molecule is CNC(COC)Cn1nnc2c(cnn2C)c1=O. The molecule has 0 radical (unpaired) electrons. The molecule has 1 N–H and O–H groups in total. The molecule has 8 nitrogen and oxygen atoms in total. The molecule has 18 heavy (non-hydrogen) atoms. The van der Waals surface area contributed by atoms with Crippen molar-refractivity contribution in [1.29, 1.82) is 0 Å². The summed E-state index contributed by atoms with van der Waals surface area (Å²) < 4.78 is 7.91. The topological polar surface area (TPSA) is 86.9 Å². The summed E-state index contributed by atoms with van der Waals surface area (Å²) in [7, 11) is 5.15. The van der Waals surface area contributed by atoms with Crippen molar-refractivity contribution in [2.75, 3.05) is 20.8 Å². The van der Waals surface area contributed by atoms with E-state index in [0.717, 1.165) is 0 Å². The number of aromatic nitrogens is 5. The molecule has 1 unspecified atom stereocenters. The summed E-state index contributed by atoms with van der Waals surface area (Å²) in [6.07, 6.45) is 1.51. The van der Waals surface area contributed by atoms with E-state index < -0.39 is 0 Å². The first kappa shape index (κ1) is 12.7. The lowest BCUT2D eigenvalue weighted by atomic mass is 10.3. The highest BCUT2D eigenvalue weighted by Crippen LogP contribution is 2.01. The van der Waals surface area contributed by atoms with Crippen molar-refractivity contribution in [2.45, 2.75) is 12.6 Å². The minimum atomic E-state index is -0.190. The van der Waals surface area contributed by atoms with Crippen LogP contribution in [0.2, 0.25) is 0 Å². The van der Waals surface area contributed by atoms with E-state index in [-0.39, 0.29) is 11.6 Å². The first-order valence-electron chi connectivity index (χ1n) is 5.59. The summed E-state index contributed by atoms with van der Waals surface area (Å²) in [4.78, 5) is 12.1. The van der Waals surface area contributed by atoms with Crippen LogP contribution in [0.4, 0.5) is 0 Å². The number of likely N-dealkylation sites (N-methyl/N-ethyl adjacent to an activating group) is 1. The number of hydrogen-bond acceptors (Lipinski definition) is 6. The van der Waals surface area contributed by atoms with Crippen molar-refractivity contribution >= 4 is 11.0 Å². The van der Waals surface area contributed by atoms with Crippen molar-refractivity contribution < 1.29 is 4.74 Å². The standard InChI is InChI=1S/C10H16N6O2/c1-11-7(6-18-3)5-16-10(17)8-4-12-15(2)9(8)13-14-16/h4,7,11H,5-6H2,1-3H3. The zero-order valence-corrected chi connectivity index (χ0v) is 10.6. The molecule has 8 heteroatoms. The van der Waals surface area contributed by atoms with Gasteiger partial charge < -0.3 is 10.1 Å². The molecule has 2 aromatic heterocycles. The summed E-state index contributed by atoms with van der Waals surface area (Å²) in [5.41, 5.74) is 0.299. The van der Waals surface area contributed by atoms with Gasteiger partial charge in [-0.3, -0.25) is 4.79 Å². The maximum absolute atomic E-state index is 12.1. The molecule has 1 atom stereocenters. The van der Waals surface area contributed by atoms with Crippen LogP contribution in [0.1, 0.15) is 0 Å². The Balaban J connectivity index is 2.34. The number of hydrogen-bond donors (Lipinski definition) is 1. The number of ether oxygens (including phenoxy) is 1. The van der Waals surface area contributed by atoms with Gasteiger partial charge in [-0.2, -0.15) is 5.10 Å². The van der Waals surface area contributed by atoms with Crippen LogP contribution in [0, 0.1) is 0 Å². The first-order chi connectivity index (χ1) is 8.67. The van der Waals surface area contributed by atoms with Crippen LogP contribution >= 0.6 is 0 Å². The Bertz CT molecular complexity index is 590. The van der Waals surface area contributed by atoms with Crippen molar-refractivity contribution in [3.05, 3.63) is 16.6 Å². The van der Waals surface area contributed by atoms with Crippen LogP contribution < -0.4 is 10.9 Å². The van der Waals surface area contributed by atoms with Gasteiger partial charge in [0.1, 0.15) is 5.39 Å². The van der Waals surface area contributed by atoms with E-state index in [2.05, 4.69) is 20.7 Å². The van der Waals surface area contributed by atoms with Gasteiger partial charge in [-0.05, 0) is 7.05 Å². The second kappa shape index (κ2) is 5.23. The summed E-state index contributed by atoms with van der Waals surface area (Å²) in [6, 6.07) is 0.0103. The molecule has 0 aliphatic heterocycles. The van der Waals surface area contributed by atoms with E-state index in [1.165, 1.54) is 15.6 Å². The van der Waals surface area contributed by atoms with E-state index in [1.54, 1.807) is 14.2 Å². The molecule has 2 rings (SSSR count). The van der Waals surface area contributed by atoms with E-state index in [1.807, 2.05) is 7.05 Å². The normalized spacial score (nSPS) is 13.1. The fraction of sp³-hybridized carbons (Fsp3) is 0.600. The minimum absolute atomic E-state index is 0.0103. The number of nitrogens with one attached hydrogen (secondary N) is 1. The van der Waals surface area contributed by atoms with Gasteiger partial charge in [0.15, 0.2) is 5.65 Å². The van der Waals surface area contributed by atoms with Crippen molar-refractivity contribution in [2.24, 2.45) is 7.05 Å². The van der Waals surface area contributed by atoms with E-state index >= 15 is 0 Å². The molecule has 0 amide bonds. The van der Waals surface area contributed by atoms with Gasteiger partial charge in [0.25, 0.3) is 5.56 Å². The van der Waals surface area contributed by atoms with Crippen LogP contribution in [0.25, 0.3) is 11.0 Å². The molecular formula is C10H16N6O2. The first-order valence-corrected chi connectivity index (χ1v) is 5.59. The molecule has 98 valence electrons. The Morgan fingerprint density at radius 3 is 3.00 bits per heavy atom. The largest absolute Gasteiger partial charge is 0.383 e. The molecule has 0 aromatic carbocycles. The van der Waals surface area contributed by atoms with Crippen molar-refractivity contribution in [1.82, 2.24) is 30.1 Å². The van der Waals surface area contributed by atoms with Crippen LogP contribution in [0.3, 0.4) is 0 Å². The maximum atomic E-state index is 12.1.